The molecule has 0 spiro atoms. The minimum Gasteiger partial charge on any atom is -0.380 e. The van der Waals surface area contributed by atoms with Crippen LogP contribution in [0, 0.1) is 11.8 Å². The van der Waals surface area contributed by atoms with Gasteiger partial charge in [-0.05, 0) is 43.2 Å². The maximum absolute atomic E-state index is 12.7. The van der Waals surface area contributed by atoms with Crippen LogP contribution in [-0.2, 0) is 14.6 Å². The fraction of sp³-hybridized carbons (Fsp3) is 0.571. The Balaban J connectivity index is 1.99. The van der Waals surface area contributed by atoms with Crippen LogP contribution in [0.25, 0.3) is 0 Å². The Morgan fingerprint density at radius 1 is 1.11 bits per heavy atom. The number of sulfone groups is 1. The standard InChI is InChI=1S/C14H18O3S/c1-17-13-10-7-8-11(9-10)14(13)18(15,16)12-5-3-2-4-6-12/h2-6,10-11,13-14H,7-9H2,1H3/t10-,11+,13+,14-/m0/s1. The molecule has 0 unspecified atom stereocenters. The molecular weight excluding hydrogens is 248 g/mol. The fourth-order valence-electron chi connectivity index (χ4n) is 3.71. The van der Waals surface area contributed by atoms with Crippen molar-refractivity contribution in [1.29, 1.82) is 0 Å². The molecule has 0 N–H and O–H groups in total. The molecule has 2 aliphatic rings. The van der Waals surface area contributed by atoms with E-state index in [1.54, 1.807) is 31.4 Å². The third kappa shape index (κ3) is 1.70. The van der Waals surface area contributed by atoms with E-state index in [1.165, 1.54) is 0 Å². The number of methoxy groups -OCH3 is 1. The lowest BCUT2D eigenvalue weighted by Gasteiger charge is -2.29. The summed E-state index contributed by atoms with van der Waals surface area (Å²) in [6.45, 7) is 0. The molecule has 2 saturated carbocycles. The van der Waals surface area contributed by atoms with Crippen LogP contribution in [0.3, 0.4) is 0 Å². The van der Waals surface area contributed by atoms with Gasteiger partial charge in [0.1, 0.15) is 0 Å². The Bertz CT molecular complexity index is 523. The predicted molar refractivity (Wildman–Crippen MR) is 69.0 cm³/mol. The molecule has 1 aromatic carbocycles. The molecular formula is C14H18O3S. The van der Waals surface area contributed by atoms with Crippen LogP contribution in [0.1, 0.15) is 19.3 Å². The molecule has 0 saturated heterocycles. The highest BCUT2D eigenvalue weighted by atomic mass is 32.2. The average molecular weight is 266 g/mol. The number of ether oxygens (including phenoxy) is 1. The zero-order valence-electron chi connectivity index (χ0n) is 10.5. The third-order valence-corrected chi connectivity index (χ3v) is 6.77. The summed E-state index contributed by atoms with van der Waals surface area (Å²) < 4.78 is 30.9. The number of hydrogen-bond acceptors (Lipinski definition) is 3. The van der Waals surface area contributed by atoms with Crippen molar-refractivity contribution in [3.05, 3.63) is 30.3 Å². The quantitative estimate of drug-likeness (QED) is 0.843. The van der Waals surface area contributed by atoms with Crippen molar-refractivity contribution in [2.45, 2.75) is 35.5 Å². The largest absolute Gasteiger partial charge is 0.380 e. The summed E-state index contributed by atoms with van der Waals surface area (Å²) in [6.07, 6.45) is 3.04. The molecule has 4 heteroatoms. The zero-order chi connectivity index (χ0) is 12.8. The second-order valence-corrected chi connectivity index (χ2v) is 7.46. The fourth-order valence-corrected chi connectivity index (χ4v) is 6.00. The van der Waals surface area contributed by atoms with E-state index in [-0.39, 0.29) is 17.3 Å². The second kappa shape index (κ2) is 4.35. The van der Waals surface area contributed by atoms with E-state index in [0.717, 1.165) is 19.3 Å². The smallest absolute Gasteiger partial charge is 0.184 e. The lowest BCUT2D eigenvalue weighted by molar-refractivity contribution is 0.0597. The maximum Gasteiger partial charge on any atom is 0.184 e. The molecule has 0 amide bonds. The maximum atomic E-state index is 12.7. The molecule has 18 heavy (non-hydrogen) atoms. The van der Waals surface area contributed by atoms with E-state index in [1.807, 2.05) is 6.07 Å². The first-order valence-corrected chi connectivity index (χ1v) is 8.01. The number of hydrogen-bond donors (Lipinski definition) is 0. The normalized spacial score (nSPS) is 34.9. The molecule has 4 atom stereocenters. The first-order valence-electron chi connectivity index (χ1n) is 6.46. The molecule has 2 aliphatic carbocycles. The Morgan fingerprint density at radius 3 is 2.44 bits per heavy atom. The lowest BCUT2D eigenvalue weighted by atomic mass is 9.97. The number of rotatable bonds is 3. The van der Waals surface area contributed by atoms with Gasteiger partial charge in [-0.15, -0.1) is 0 Å². The van der Waals surface area contributed by atoms with Gasteiger partial charge < -0.3 is 4.74 Å². The van der Waals surface area contributed by atoms with Crippen molar-refractivity contribution in [1.82, 2.24) is 0 Å². The Kier molecular flexibility index (Phi) is 2.94. The van der Waals surface area contributed by atoms with Gasteiger partial charge in [0, 0.05) is 7.11 Å². The zero-order valence-corrected chi connectivity index (χ0v) is 11.3. The summed E-state index contributed by atoms with van der Waals surface area (Å²) in [4.78, 5) is 0.435. The lowest BCUT2D eigenvalue weighted by Crippen LogP contribution is -2.40. The molecule has 3 nitrogen and oxygen atoms in total. The van der Waals surface area contributed by atoms with E-state index in [9.17, 15) is 8.42 Å². The van der Waals surface area contributed by atoms with Gasteiger partial charge in [-0.2, -0.15) is 0 Å². The van der Waals surface area contributed by atoms with Crippen LogP contribution in [0.15, 0.2) is 35.2 Å². The third-order valence-electron chi connectivity index (χ3n) is 4.47. The van der Waals surface area contributed by atoms with Gasteiger partial charge in [-0.1, -0.05) is 18.2 Å². The minimum absolute atomic E-state index is 0.117. The Hall–Kier alpha value is -0.870. The van der Waals surface area contributed by atoms with Crippen molar-refractivity contribution < 1.29 is 13.2 Å². The highest BCUT2D eigenvalue weighted by Crippen LogP contribution is 2.49. The van der Waals surface area contributed by atoms with Crippen LogP contribution >= 0.6 is 0 Å². The summed E-state index contributed by atoms with van der Waals surface area (Å²) in [5, 5.41) is -0.344. The molecule has 3 rings (SSSR count). The summed E-state index contributed by atoms with van der Waals surface area (Å²) in [5.41, 5.74) is 0. The summed E-state index contributed by atoms with van der Waals surface area (Å²) >= 11 is 0. The molecule has 98 valence electrons. The molecule has 0 radical (unpaired) electrons. The highest BCUT2D eigenvalue weighted by Gasteiger charge is 2.53. The van der Waals surface area contributed by atoms with Crippen LogP contribution in [-0.4, -0.2) is 26.9 Å². The molecule has 0 aliphatic heterocycles. The Labute approximate surface area is 108 Å². The van der Waals surface area contributed by atoms with Crippen molar-refractivity contribution in [2.75, 3.05) is 7.11 Å². The van der Waals surface area contributed by atoms with Gasteiger partial charge >= 0.3 is 0 Å². The molecule has 1 aromatic rings. The van der Waals surface area contributed by atoms with Crippen molar-refractivity contribution >= 4 is 9.84 Å². The van der Waals surface area contributed by atoms with Gasteiger partial charge in [0.15, 0.2) is 9.84 Å². The number of benzene rings is 1. The Morgan fingerprint density at radius 2 is 1.78 bits per heavy atom. The second-order valence-electron chi connectivity index (χ2n) is 5.36. The van der Waals surface area contributed by atoms with Crippen molar-refractivity contribution in [2.24, 2.45) is 11.8 Å². The van der Waals surface area contributed by atoms with Gasteiger partial charge in [0.05, 0.1) is 16.2 Å². The summed E-state index contributed by atoms with van der Waals surface area (Å²) in [6, 6.07) is 8.78. The highest BCUT2D eigenvalue weighted by molar-refractivity contribution is 7.92. The van der Waals surface area contributed by atoms with E-state index >= 15 is 0 Å². The van der Waals surface area contributed by atoms with Crippen LogP contribution in [0.4, 0.5) is 0 Å². The first-order chi connectivity index (χ1) is 8.64. The van der Waals surface area contributed by atoms with Crippen molar-refractivity contribution in [3.63, 3.8) is 0 Å². The van der Waals surface area contributed by atoms with Crippen LogP contribution in [0.5, 0.6) is 0 Å². The van der Waals surface area contributed by atoms with Crippen molar-refractivity contribution in [3.8, 4) is 0 Å². The van der Waals surface area contributed by atoms with Gasteiger partial charge in [0.2, 0.25) is 0 Å². The monoisotopic (exact) mass is 266 g/mol. The molecule has 2 bridgehead atoms. The van der Waals surface area contributed by atoms with E-state index in [2.05, 4.69) is 0 Å². The van der Waals surface area contributed by atoms with E-state index < -0.39 is 9.84 Å². The van der Waals surface area contributed by atoms with Crippen LogP contribution < -0.4 is 0 Å². The topological polar surface area (TPSA) is 43.4 Å². The number of fused-ring (bicyclic) bond motifs is 2. The molecule has 0 heterocycles. The molecule has 2 fully saturated rings. The van der Waals surface area contributed by atoms with Gasteiger partial charge in [0.25, 0.3) is 0 Å². The van der Waals surface area contributed by atoms with Crippen LogP contribution in [0.2, 0.25) is 0 Å². The van der Waals surface area contributed by atoms with E-state index in [0.29, 0.717) is 10.8 Å². The summed E-state index contributed by atoms with van der Waals surface area (Å²) in [5.74, 6) is 0.716. The average Bonchev–Trinajstić information content (AvgIpc) is 2.99. The summed E-state index contributed by atoms with van der Waals surface area (Å²) in [7, 11) is -1.62. The molecule has 0 aromatic heterocycles. The first kappa shape index (κ1) is 12.2. The van der Waals surface area contributed by atoms with E-state index in [4.69, 9.17) is 4.74 Å². The van der Waals surface area contributed by atoms with Gasteiger partial charge in [-0.3, -0.25) is 0 Å². The SMILES string of the molecule is CO[C@@H]1[C@H]2CC[C@H](C2)[C@@H]1S(=O)(=O)c1ccccc1. The van der Waals surface area contributed by atoms with Gasteiger partial charge in [-0.25, -0.2) is 8.42 Å². The predicted octanol–water partition coefficient (Wildman–Crippen LogP) is 2.27. The minimum atomic E-state index is -3.26.